The summed E-state index contributed by atoms with van der Waals surface area (Å²) in [5, 5.41) is 2.19. The molecule has 1 heterocycles. The van der Waals surface area contributed by atoms with Gasteiger partial charge in [0.2, 0.25) is 0 Å². The molecule has 34 heavy (non-hydrogen) atoms. The fourth-order valence-electron chi connectivity index (χ4n) is 3.52. The van der Waals surface area contributed by atoms with E-state index in [2.05, 4.69) is 4.74 Å². The quantitative estimate of drug-likeness (QED) is 0.307. The van der Waals surface area contributed by atoms with Gasteiger partial charge in [-0.25, -0.2) is 0 Å². The number of rotatable bonds is 9. The Balaban J connectivity index is 1.38. The standard InChI is InChI=1S/C26H23F2NO5/c1-29(15-17-7-11-22(31-2)24(13-17)34-26(27)28)25(30)23-12-10-21(33-23)16-32-20-9-8-18-5-3-4-6-19(18)14-20/h3-14,26H,15-16H2,1-2H3. The second-order valence-electron chi connectivity index (χ2n) is 7.59. The number of ether oxygens (including phenoxy) is 3. The van der Waals surface area contributed by atoms with Gasteiger partial charge >= 0.3 is 6.61 Å². The minimum absolute atomic E-state index is 0.0954. The number of hydrogen-bond acceptors (Lipinski definition) is 5. The molecule has 0 saturated heterocycles. The van der Waals surface area contributed by atoms with Crippen molar-refractivity contribution < 1.29 is 32.2 Å². The summed E-state index contributed by atoms with van der Waals surface area (Å²) in [4.78, 5) is 14.2. The third-order valence-electron chi connectivity index (χ3n) is 5.18. The van der Waals surface area contributed by atoms with Crippen LogP contribution in [-0.2, 0) is 13.2 Å². The molecule has 0 spiro atoms. The number of amides is 1. The van der Waals surface area contributed by atoms with Crippen molar-refractivity contribution in [2.24, 2.45) is 0 Å². The maximum atomic E-state index is 12.8. The van der Waals surface area contributed by atoms with Crippen LogP contribution in [0.25, 0.3) is 10.8 Å². The van der Waals surface area contributed by atoms with Crippen molar-refractivity contribution in [1.82, 2.24) is 4.90 Å². The Kier molecular flexibility index (Phi) is 6.96. The number of carbonyl (C=O) groups is 1. The van der Waals surface area contributed by atoms with Gasteiger partial charge in [0, 0.05) is 13.6 Å². The first-order chi connectivity index (χ1) is 16.4. The summed E-state index contributed by atoms with van der Waals surface area (Å²) in [6.07, 6.45) is 0. The molecule has 0 saturated carbocycles. The van der Waals surface area contributed by atoms with Gasteiger partial charge in [-0.3, -0.25) is 4.79 Å². The number of carbonyl (C=O) groups excluding carboxylic acids is 1. The van der Waals surface area contributed by atoms with E-state index in [1.54, 1.807) is 25.2 Å². The van der Waals surface area contributed by atoms with Gasteiger partial charge in [0.05, 0.1) is 7.11 Å². The highest BCUT2D eigenvalue weighted by atomic mass is 19.3. The number of halogens is 2. The van der Waals surface area contributed by atoms with E-state index in [1.807, 2.05) is 42.5 Å². The minimum atomic E-state index is -2.98. The van der Waals surface area contributed by atoms with Crippen molar-refractivity contribution in [2.45, 2.75) is 19.8 Å². The van der Waals surface area contributed by atoms with Crippen LogP contribution in [-0.4, -0.2) is 31.6 Å². The monoisotopic (exact) mass is 467 g/mol. The number of hydrogen-bond donors (Lipinski definition) is 0. The molecule has 4 aromatic rings. The molecule has 3 aromatic carbocycles. The number of benzene rings is 3. The van der Waals surface area contributed by atoms with Crippen molar-refractivity contribution in [1.29, 1.82) is 0 Å². The van der Waals surface area contributed by atoms with E-state index in [0.717, 1.165) is 10.8 Å². The molecule has 0 unspecified atom stereocenters. The normalized spacial score (nSPS) is 11.0. The average molecular weight is 467 g/mol. The first-order valence-corrected chi connectivity index (χ1v) is 10.5. The fraction of sp³-hybridized carbons (Fsp3) is 0.192. The first kappa shape index (κ1) is 23.1. The van der Waals surface area contributed by atoms with Crippen molar-refractivity contribution in [3.05, 3.63) is 89.9 Å². The van der Waals surface area contributed by atoms with Gasteiger partial charge in [-0.15, -0.1) is 0 Å². The molecule has 0 aliphatic rings. The van der Waals surface area contributed by atoms with Crippen molar-refractivity contribution >= 4 is 16.7 Å². The molecular weight excluding hydrogens is 444 g/mol. The number of fused-ring (bicyclic) bond motifs is 1. The van der Waals surface area contributed by atoms with Crippen LogP contribution in [0.3, 0.4) is 0 Å². The van der Waals surface area contributed by atoms with Crippen LogP contribution < -0.4 is 14.2 Å². The molecule has 0 N–H and O–H groups in total. The zero-order chi connectivity index (χ0) is 24.1. The second-order valence-corrected chi connectivity index (χ2v) is 7.59. The zero-order valence-electron chi connectivity index (χ0n) is 18.7. The molecule has 1 aromatic heterocycles. The van der Waals surface area contributed by atoms with E-state index in [1.165, 1.54) is 24.1 Å². The Morgan fingerprint density at radius 3 is 2.53 bits per heavy atom. The molecule has 0 aliphatic carbocycles. The molecular formula is C26H23F2NO5. The van der Waals surface area contributed by atoms with Crippen LogP contribution in [0.2, 0.25) is 0 Å². The Bertz CT molecular complexity index is 1290. The van der Waals surface area contributed by atoms with Crippen LogP contribution in [0.15, 0.2) is 77.2 Å². The maximum absolute atomic E-state index is 12.8. The zero-order valence-corrected chi connectivity index (χ0v) is 18.7. The van der Waals surface area contributed by atoms with E-state index >= 15 is 0 Å². The summed E-state index contributed by atoms with van der Waals surface area (Å²) in [5.41, 5.74) is 0.596. The first-order valence-electron chi connectivity index (χ1n) is 10.5. The number of furan rings is 1. The molecule has 0 bridgehead atoms. The Morgan fingerprint density at radius 2 is 1.76 bits per heavy atom. The van der Waals surface area contributed by atoms with Gasteiger partial charge in [0.1, 0.15) is 18.1 Å². The summed E-state index contributed by atoms with van der Waals surface area (Å²) in [7, 11) is 2.95. The van der Waals surface area contributed by atoms with Gasteiger partial charge in [0.25, 0.3) is 5.91 Å². The van der Waals surface area contributed by atoms with Gasteiger partial charge in [-0.1, -0.05) is 36.4 Å². The predicted octanol–water partition coefficient (Wildman–Crippen LogP) is 5.89. The van der Waals surface area contributed by atoms with E-state index in [4.69, 9.17) is 13.9 Å². The van der Waals surface area contributed by atoms with E-state index in [-0.39, 0.29) is 36.3 Å². The third-order valence-corrected chi connectivity index (χ3v) is 5.18. The van der Waals surface area contributed by atoms with Crippen LogP contribution in [0.4, 0.5) is 8.78 Å². The topological polar surface area (TPSA) is 61.1 Å². The largest absolute Gasteiger partial charge is 0.493 e. The Labute approximate surface area is 195 Å². The van der Waals surface area contributed by atoms with Crippen molar-refractivity contribution in [3.63, 3.8) is 0 Å². The third kappa shape index (κ3) is 5.46. The highest BCUT2D eigenvalue weighted by molar-refractivity contribution is 5.91. The van der Waals surface area contributed by atoms with Crippen LogP contribution in [0.5, 0.6) is 17.2 Å². The molecule has 8 heteroatoms. The summed E-state index contributed by atoms with van der Waals surface area (Å²) in [6.45, 7) is -2.66. The molecule has 1 amide bonds. The molecule has 0 atom stereocenters. The minimum Gasteiger partial charge on any atom is -0.493 e. The van der Waals surface area contributed by atoms with Gasteiger partial charge in [-0.05, 0) is 52.7 Å². The van der Waals surface area contributed by atoms with Crippen LogP contribution in [0.1, 0.15) is 21.9 Å². The molecule has 6 nitrogen and oxygen atoms in total. The number of methoxy groups -OCH3 is 1. The summed E-state index contributed by atoms with van der Waals surface area (Å²) < 4.78 is 46.3. The summed E-state index contributed by atoms with van der Waals surface area (Å²) in [6, 6.07) is 21.6. The summed E-state index contributed by atoms with van der Waals surface area (Å²) in [5.74, 6) is 1.08. The van der Waals surface area contributed by atoms with Gasteiger partial charge in [0.15, 0.2) is 17.3 Å². The van der Waals surface area contributed by atoms with E-state index in [0.29, 0.717) is 17.1 Å². The fourth-order valence-corrected chi connectivity index (χ4v) is 3.52. The lowest BCUT2D eigenvalue weighted by molar-refractivity contribution is -0.0512. The van der Waals surface area contributed by atoms with Gasteiger partial charge < -0.3 is 23.5 Å². The molecule has 4 rings (SSSR count). The van der Waals surface area contributed by atoms with Crippen LogP contribution in [0, 0.1) is 0 Å². The van der Waals surface area contributed by atoms with Crippen molar-refractivity contribution in [2.75, 3.05) is 14.2 Å². The van der Waals surface area contributed by atoms with E-state index in [9.17, 15) is 13.6 Å². The smallest absolute Gasteiger partial charge is 0.387 e. The Hall–Kier alpha value is -4.07. The lowest BCUT2D eigenvalue weighted by Crippen LogP contribution is -2.25. The molecule has 176 valence electrons. The number of nitrogens with zero attached hydrogens (tertiary/aromatic N) is 1. The predicted molar refractivity (Wildman–Crippen MR) is 122 cm³/mol. The second kappa shape index (κ2) is 10.2. The molecule has 0 aliphatic heterocycles. The van der Waals surface area contributed by atoms with Gasteiger partial charge in [-0.2, -0.15) is 8.78 Å². The molecule has 0 radical (unpaired) electrons. The van der Waals surface area contributed by atoms with Crippen LogP contribution >= 0.6 is 0 Å². The highest BCUT2D eigenvalue weighted by Gasteiger charge is 2.18. The Morgan fingerprint density at radius 1 is 0.971 bits per heavy atom. The summed E-state index contributed by atoms with van der Waals surface area (Å²) >= 11 is 0. The number of alkyl halides is 2. The maximum Gasteiger partial charge on any atom is 0.387 e. The van der Waals surface area contributed by atoms with Crippen molar-refractivity contribution in [3.8, 4) is 17.2 Å². The average Bonchev–Trinajstić information content (AvgIpc) is 3.31. The lowest BCUT2D eigenvalue weighted by atomic mass is 10.1. The highest BCUT2D eigenvalue weighted by Crippen LogP contribution is 2.30. The molecule has 0 fully saturated rings. The van der Waals surface area contributed by atoms with E-state index < -0.39 is 6.61 Å². The SMILES string of the molecule is COc1ccc(CN(C)C(=O)c2ccc(COc3ccc4ccccc4c3)o2)cc1OC(F)F. The lowest BCUT2D eigenvalue weighted by Gasteiger charge is -2.17.